The Morgan fingerprint density at radius 1 is 1.08 bits per heavy atom. The molecular weight excluding hydrogens is 474 g/mol. The minimum absolute atomic E-state index is 0.116. The van der Waals surface area contributed by atoms with E-state index in [0.717, 1.165) is 57.9 Å². The van der Waals surface area contributed by atoms with Gasteiger partial charge in [-0.05, 0) is 66.8 Å². The van der Waals surface area contributed by atoms with E-state index in [1.165, 1.54) is 31.2 Å². The number of carbonyl (C=O) groups is 1. The van der Waals surface area contributed by atoms with Crippen LogP contribution in [0, 0.1) is 35.0 Å². The van der Waals surface area contributed by atoms with E-state index in [1.54, 1.807) is 7.11 Å². The van der Waals surface area contributed by atoms with Crippen LogP contribution in [-0.4, -0.2) is 73.6 Å². The fourth-order valence-electron chi connectivity index (χ4n) is 6.95. The highest BCUT2D eigenvalue weighted by atomic mass is 16.5. The number of aromatic nitrogens is 1. The molecule has 1 saturated carbocycles. The maximum atomic E-state index is 13.9. The van der Waals surface area contributed by atoms with Crippen LogP contribution in [0.15, 0.2) is 42.6 Å². The van der Waals surface area contributed by atoms with Crippen molar-refractivity contribution in [2.45, 2.75) is 39.0 Å². The van der Waals surface area contributed by atoms with Gasteiger partial charge in [-0.15, -0.1) is 0 Å². The number of rotatable bonds is 7. The van der Waals surface area contributed by atoms with Crippen molar-refractivity contribution < 1.29 is 9.53 Å². The first-order valence-corrected chi connectivity index (χ1v) is 14.3. The smallest absolute Gasteiger partial charge is 0.227 e. The average molecular weight is 516 g/mol. The second-order valence-electron chi connectivity index (χ2n) is 11.5. The predicted octanol–water partition coefficient (Wildman–Crippen LogP) is 4.23. The van der Waals surface area contributed by atoms with Crippen molar-refractivity contribution >= 4 is 11.6 Å². The molecule has 1 aromatic carbocycles. The molecule has 0 radical (unpaired) electrons. The zero-order valence-electron chi connectivity index (χ0n) is 22.9. The fraction of sp³-hybridized carbons (Fsp3) is 0.581. The van der Waals surface area contributed by atoms with Gasteiger partial charge in [0.15, 0.2) is 0 Å². The lowest BCUT2D eigenvalue weighted by Gasteiger charge is -2.48. The number of hydrogen-bond donors (Lipinski definition) is 0. The number of amides is 1. The molecule has 3 fully saturated rings. The molecule has 7 nitrogen and oxygen atoms in total. The first kappa shape index (κ1) is 26.5. The van der Waals surface area contributed by atoms with Crippen molar-refractivity contribution in [2.24, 2.45) is 23.7 Å². The number of piperazine rings is 1. The number of hydrogen-bond acceptors (Lipinski definition) is 6. The highest BCUT2D eigenvalue weighted by Crippen LogP contribution is 2.40. The number of pyridine rings is 1. The quantitative estimate of drug-likeness (QED) is 0.550. The van der Waals surface area contributed by atoms with Crippen molar-refractivity contribution in [3.63, 3.8) is 0 Å². The highest BCUT2D eigenvalue weighted by molar-refractivity contribution is 5.80. The number of benzene rings is 1. The molecule has 7 heteroatoms. The number of fused-ring (bicyclic) bond motifs is 1. The lowest BCUT2D eigenvalue weighted by atomic mass is 9.69. The van der Waals surface area contributed by atoms with E-state index in [2.05, 4.69) is 38.7 Å². The van der Waals surface area contributed by atoms with Gasteiger partial charge in [-0.3, -0.25) is 4.79 Å². The van der Waals surface area contributed by atoms with E-state index in [9.17, 15) is 4.79 Å². The summed E-state index contributed by atoms with van der Waals surface area (Å²) in [6.45, 7) is 8.58. The van der Waals surface area contributed by atoms with Crippen molar-refractivity contribution in [3.8, 4) is 11.9 Å². The van der Waals surface area contributed by atoms with E-state index in [1.807, 2.05) is 36.5 Å². The van der Waals surface area contributed by atoms with E-state index >= 15 is 0 Å². The molecule has 2 aromatic rings. The summed E-state index contributed by atoms with van der Waals surface area (Å²) >= 11 is 0. The first-order chi connectivity index (χ1) is 18.5. The molecule has 1 aromatic heterocycles. The molecule has 2 saturated heterocycles. The normalized spacial score (nSPS) is 24.8. The van der Waals surface area contributed by atoms with Gasteiger partial charge in [0.1, 0.15) is 0 Å². The molecule has 3 aliphatic rings. The Bertz CT molecular complexity index is 1100. The number of piperidine rings is 1. The van der Waals surface area contributed by atoms with Crippen molar-refractivity contribution in [1.29, 1.82) is 5.26 Å². The molecule has 1 aliphatic carbocycles. The molecule has 1 amide bonds. The Morgan fingerprint density at radius 3 is 2.53 bits per heavy atom. The second-order valence-corrected chi connectivity index (χ2v) is 11.5. The van der Waals surface area contributed by atoms with Crippen molar-refractivity contribution in [3.05, 3.63) is 53.7 Å². The zero-order chi connectivity index (χ0) is 26.5. The summed E-state index contributed by atoms with van der Waals surface area (Å²) in [5.41, 5.74) is 3.05. The van der Waals surface area contributed by atoms with Crippen LogP contribution in [0.4, 0.5) is 5.69 Å². The number of likely N-dealkylation sites (tertiary alicyclic amines) is 1. The van der Waals surface area contributed by atoms with Gasteiger partial charge in [0.05, 0.1) is 24.7 Å². The SMILES string of the molecule is COc1ccc(C[C@H](C)CN2C[C@H]3CCCC[C@@H]3[C@H](C(=O)N3CCN(c4ccc(C#N)cc4)CC3)C2)cn1. The zero-order valence-corrected chi connectivity index (χ0v) is 22.9. The predicted molar refractivity (Wildman–Crippen MR) is 149 cm³/mol. The molecule has 2 aliphatic heterocycles. The number of nitrogens with zero attached hydrogens (tertiary/aromatic N) is 5. The standard InChI is InChI=1S/C31H41N5O2/c1-23(17-25-9-12-30(38-2)33-19-25)20-34-21-26-5-3-4-6-28(26)29(22-34)31(37)36-15-13-35(14-16-36)27-10-7-24(18-32)8-11-27/h7-12,19,23,26,28-29H,3-6,13-17,20-22H2,1-2H3/t23-,26+,28-,29+/m0/s1. The van der Waals surface area contributed by atoms with Crippen LogP contribution < -0.4 is 9.64 Å². The molecule has 3 heterocycles. The maximum absolute atomic E-state index is 13.9. The molecule has 0 bridgehead atoms. The number of carbonyl (C=O) groups excluding carboxylic acids is 1. The van der Waals surface area contributed by atoms with Gasteiger partial charge in [0.25, 0.3) is 0 Å². The van der Waals surface area contributed by atoms with Gasteiger partial charge < -0.3 is 19.4 Å². The van der Waals surface area contributed by atoms with Crippen molar-refractivity contribution in [1.82, 2.24) is 14.8 Å². The average Bonchev–Trinajstić information content (AvgIpc) is 2.97. The number of ether oxygens (including phenoxy) is 1. The van der Waals surface area contributed by atoms with Crippen molar-refractivity contribution in [2.75, 3.05) is 57.8 Å². The largest absolute Gasteiger partial charge is 0.481 e. The molecular formula is C31H41N5O2. The minimum atomic E-state index is 0.116. The maximum Gasteiger partial charge on any atom is 0.227 e. The van der Waals surface area contributed by atoms with E-state index < -0.39 is 0 Å². The fourth-order valence-corrected chi connectivity index (χ4v) is 6.95. The lowest BCUT2D eigenvalue weighted by molar-refractivity contribution is -0.142. The summed E-state index contributed by atoms with van der Waals surface area (Å²) in [5, 5.41) is 9.07. The number of nitriles is 1. The van der Waals surface area contributed by atoms with Crippen LogP contribution in [0.2, 0.25) is 0 Å². The number of anilines is 1. The van der Waals surface area contributed by atoms with E-state index in [4.69, 9.17) is 10.00 Å². The first-order valence-electron chi connectivity index (χ1n) is 14.3. The topological polar surface area (TPSA) is 72.7 Å². The molecule has 4 atom stereocenters. The van der Waals surface area contributed by atoms with E-state index in [0.29, 0.717) is 35.1 Å². The van der Waals surface area contributed by atoms with E-state index in [-0.39, 0.29) is 5.92 Å². The Balaban J connectivity index is 1.20. The highest BCUT2D eigenvalue weighted by Gasteiger charge is 2.43. The summed E-state index contributed by atoms with van der Waals surface area (Å²) in [7, 11) is 1.65. The molecule has 5 rings (SSSR count). The van der Waals surface area contributed by atoms with Crippen LogP contribution >= 0.6 is 0 Å². The van der Waals surface area contributed by atoms with Crippen LogP contribution in [0.5, 0.6) is 5.88 Å². The summed E-state index contributed by atoms with van der Waals surface area (Å²) < 4.78 is 5.20. The lowest BCUT2D eigenvalue weighted by Crippen LogP contribution is -2.57. The Hall–Kier alpha value is -3.11. The Morgan fingerprint density at radius 2 is 1.84 bits per heavy atom. The van der Waals surface area contributed by atoms with Crippen LogP contribution in [-0.2, 0) is 11.2 Å². The Labute approximate surface area is 227 Å². The summed E-state index contributed by atoms with van der Waals surface area (Å²) in [4.78, 5) is 25.4. The second kappa shape index (κ2) is 12.2. The van der Waals surface area contributed by atoms with Crippen LogP contribution in [0.1, 0.15) is 43.7 Å². The van der Waals surface area contributed by atoms with Gasteiger partial charge in [-0.1, -0.05) is 25.8 Å². The van der Waals surface area contributed by atoms with Gasteiger partial charge in [0, 0.05) is 63.8 Å². The molecule has 0 N–H and O–H groups in total. The molecule has 202 valence electrons. The third-order valence-electron chi connectivity index (χ3n) is 8.86. The molecule has 0 spiro atoms. The third kappa shape index (κ3) is 6.13. The van der Waals surface area contributed by atoms with Gasteiger partial charge >= 0.3 is 0 Å². The summed E-state index contributed by atoms with van der Waals surface area (Å²) in [5.74, 6) is 2.81. The van der Waals surface area contributed by atoms with Gasteiger partial charge in [0.2, 0.25) is 11.8 Å². The van der Waals surface area contributed by atoms with Crippen LogP contribution in [0.3, 0.4) is 0 Å². The molecule has 38 heavy (non-hydrogen) atoms. The third-order valence-corrected chi connectivity index (χ3v) is 8.86. The van der Waals surface area contributed by atoms with Gasteiger partial charge in [-0.2, -0.15) is 5.26 Å². The van der Waals surface area contributed by atoms with Gasteiger partial charge in [-0.25, -0.2) is 4.98 Å². The minimum Gasteiger partial charge on any atom is -0.481 e. The molecule has 0 unspecified atom stereocenters. The monoisotopic (exact) mass is 515 g/mol. The summed E-state index contributed by atoms with van der Waals surface area (Å²) in [6.07, 6.45) is 7.93. The Kier molecular flexibility index (Phi) is 8.48. The summed E-state index contributed by atoms with van der Waals surface area (Å²) in [6, 6.07) is 14.0. The number of methoxy groups -OCH3 is 1. The van der Waals surface area contributed by atoms with Crippen LogP contribution in [0.25, 0.3) is 0 Å².